The van der Waals surface area contributed by atoms with Crippen LogP contribution in [0, 0.1) is 13.8 Å². The lowest BCUT2D eigenvalue weighted by Gasteiger charge is -2.01. The summed E-state index contributed by atoms with van der Waals surface area (Å²) in [4.78, 5) is 18.6. The van der Waals surface area contributed by atoms with Crippen molar-refractivity contribution in [2.75, 3.05) is 6.26 Å². The molecule has 5 heteroatoms. The molecule has 0 spiro atoms. The molecule has 3 nitrogen and oxygen atoms in total. The summed E-state index contributed by atoms with van der Waals surface area (Å²) in [7, 11) is 1.97. The largest absolute Gasteiger partial charge is 0.319 e. The summed E-state index contributed by atoms with van der Waals surface area (Å²) in [5, 5.41) is 0. The van der Waals surface area contributed by atoms with E-state index in [-0.39, 0.29) is 5.91 Å². The van der Waals surface area contributed by atoms with Gasteiger partial charge in [0, 0.05) is 17.5 Å². The van der Waals surface area contributed by atoms with E-state index < -0.39 is 0 Å². The Morgan fingerprint density at radius 3 is 2.35 bits per heavy atom. The second kappa shape index (κ2) is 6.34. The van der Waals surface area contributed by atoms with Gasteiger partial charge in [0.05, 0.1) is 10.2 Å². The third-order valence-electron chi connectivity index (χ3n) is 3.88. The quantitative estimate of drug-likeness (QED) is 0.650. The third-order valence-corrected chi connectivity index (χ3v) is 5.89. The third kappa shape index (κ3) is 2.99. The number of nitrogens with zero attached hydrogens (tertiary/aromatic N) is 2. The number of carbonyl (C=O) groups is 1. The minimum atomic E-state index is -0.199. The molecule has 0 atom stereocenters. The first-order chi connectivity index (χ1) is 11.0. The highest BCUT2D eigenvalue weighted by atomic mass is 32.2. The van der Waals surface area contributed by atoms with Crippen LogP contribution in [0.2, 0.25) is 0 Å². The molecule has 0 N–H and O–H groups in total. The molecular weight excluding hydrogens is 324 g/mol. The molecule has 1 heterocycles. The fourth-order valence-corrected chi connectivity index (χ4v) is 4.13. The van der Waals surface area contributed by atoms with Crippen molar-refractivity contribution in [3.8, 4) is 0 Å². The molecule has 0 unspecified atom stereocenters. The molecule has 1 aromatic heterocycles. The van der Waals surface area contributed by atoms with Crippen molar-refractivity contribution in [3.63, 3.8) is 0 Å². The first-order valence-corrected chi connectivity index (χ1v) is 9.34. The molecule has 0 radical (unpaired) electrons. The Bertz CT molecular complexity index is 950. The molecule has 118 valence electrons. The summed E-state index contributed by atoms with van der Waals surface area (Å²) < 4.78 is 3.20. The predicted octanol–water partition coefficient (Wildman–Crippen LogP) is 4.32. The zero-order chi connectivity index (χ0) is 16.6. The summed E-state index contributed by atoms with van der Waals surface area (Å²) in [6.07, 6.45) is 2.02. The van der Waals surface area contributed by atoms with Crippen molar-refractivity contribution in [1.29, 1.82) is 0 Å². The maximum Gasteiger partial charge on any atom is 0.279 e. The monoisotopic (exact) mass is 342 g/mol. The van der Waals surface area contributed by atoms with Gasteiger partial charge in [-0.3, -0.25) is 4.79 Å². The Kier molecular flexibility index (Phi) is 4.41. The lowest BCUT2D eigenvalue weighted by molar-refractivity contribution is 0.0998. The molecular formula is C18H18N2OS2. The minimum Gasteiger partial charge on any atom is -0.319 e. The van der Waals surface area contributed by atoms with E-state index in [1.54, 1.807) is 23.1 Å². The Hall–Kier alpha value is -1.85. The van der Waals surface area contributed by atoms with Gasteiger partial charge in [0.15, 0.2) is 4.80 Å². The minimum absolute atomic E-state index is 0.199. The van der Waals surface area contributed by atoms with Crippen molar-refractivity contribution >= 4 is 39.2 Å². The molecule has 3 rings (SSSR count). The molecule has 0 aliphatic carbocycles. The zero-order valence-electron chi connectivity index (χ0n) is 13.6. The summed E-state index contributed by atoms with van der Waals surface area (Å²) in [5.74, 6) is -0.199. The number of carbonyl (C=O) groups excluding carboxylic acids is 1. The highest BCUT2D eigenvalue weighted by Gasteiger charge is 2.10. The number of rotatable bonds is 2. The first kappa shape index (κ1) is 16.0. The molecule has 2 aromatic carbocycles. The van der Waals surface area contributed by atoms with Crippen molar-refractivity contribution < 1.29 is 4.79 Å². The Morgan fingerprint density at radius 1 is 1.09 bits per heavy atom. The van der Waals surface area contributed by atoms with E-state index in [2.05, 4.69) is 31.0 Å². The fraction of sp³-hybridized carbons (Fsp3) is 0.222. The number of hydrogen-bond acceptors (Lipinski definition) is 3. The molecule has 23 heavy (non-hydrogen) atoms. The van der Waals surface area contributed by atoms with Gasteiger partial charge in [-0.1, -0.05) is 23.5 Å². The Morgan fingerprint density at radius 2 is 1.74 bits per heavy atom. The van der Waals surface area contributed by atoms with E-state index in [1.165, 1.54) is 15.8 Å². The van der Waals surface area contributed by atoms with Crippen LogP contribution in [-0.4, -0.2) is 16.7 Å². The van der Waals surface area contributed by atoms with Gasteiger partial charge >= 0.3 is 0 Å². The molecule has 0 saturated heterocycles. The number of hydrogen-bond donors (Lipinski definition) is 0. The SMILES string of the molecule is CSc1ccc(C(=O)N=c2sc3c(C)ccc(C)c3n2C)cc1. The van der Waals surface area contributed by atoms with Gasteiger partial charge in [-0.15, -0.1) is 11.8 Å². The number of thiazole rings is 1. The number of thioether (sulfide) groups is 1. The van der Waals surface area contributed by atoms with Gasteiger partial charge in [0.25, 0.3) is 5.91 Å². The van der Waals surface area contributed by atoms with Crippen LogP contribution in [0.4, 0.5) is 0 Å². The second-order valence-corrected chi connectivity index (χ2v) is 7.32. The van der Waals surface area contributed by atoms with E-state index in [9.17, 15) is 4.79 Å². The molecule has 1 amide bonds. The average molecular weight is 342 g/mol. The lowest BCUT2D eigenvalue weighted by atomic mass is 10.1. The van der Waals surface area contributed by atoms with Crippen LogP contribution in [0.3, 0.4) is 0 Å². The van der Waals surface area contributed by atoms with E-state index in [4.69, 9.17) is 0 Å². The number of aromatic nitrogens is 1. The second-order valence-electron chi connectivity index (χ2n) is 5.47. The van der Waals surface area contributed by atoms with E-state index in [1.807, 2.05) is 42.1 Å². The molecule has 3 aromatic rings. The summed E-state index contributed by atoms with van der Waals surface area (Å²) in [6.45, 7) is 4.17. The van der Waals surface area contributed by atoms with Crippen LogP contribution in [0.25, 0.3) is 10.2 Å². The predicted molar refractivity (Wildman–Crippen MR) is 98.4 cm³/mol. The van der Waals surface area contributed by atoms with E-state index in [0.717, 1.165) is 15.2 Å². The highest BCUT2D eigenvalue weighted by molar-refractivity contribution is 7.98. The van der Waals surface area contributed by atoms with Crippen LogP contribution < -0.4 is 4.80 Å². The van der Waals surface area contributed by atoms with E-state index in [0.29, 0.717) is 5.56 Å². The fourth-order valence-electron chi connectivity index (χ4n) is 2.55. The molecule has 0 aliphatic heterocycles. The van der Waals surface area contributed by atoms with Gasteiger partial charge in [-0.25, -0.2) is 0 Å². The highest BCUT2D eigenvalue weighted by Crippen LogP contribution is 2.24. The van der Waals surface area contributed by atoms with Gasteiger partial charge in [0.2, 0.25) is 0 Å². The Balaban J connectivity index is 2.10. The van der Waals surface area contributed by atoms with Gasteiger partial charge < -0.3 is 4.57 Å². The smallest absolute Gasteiger partial charge is 0.279 e. The standard InChI is InChI=1S/C18H18N2OS2/c1-11-5-6-12(2)16-15(11)20(3)18(23-16)19-17(21)13-7-9-14(22-4)10-8-13/h5-10H,1-4H3. The maximum absolute atomic E-state index is 12.4. The first-order valence-electron chi connectivity index (χ1n) is 7.30. The molecule has 0 fully saturated rings. The normalized spacial score (nSPS) is 12.1. The summed E-state index contributed by atoms with van der Waals surface area (Å²) in [6, 6.07) is 11.8. The van der Waals surface area contributed by atoms with Crippen LogP contribution in [0.15, 0.2) is 46.3 Å². The number of aryl methyl sites for hydroxylation is 3. The van der Waals surface area contributed by atoms with Crippen molar-refractivity contribution in [1.82, 2.24) is 4.57 Å². The molecule has 0 aliphatic rings. The Labute approximate surface area is 143 Å². The summed E-state index contributed by atoms with van der Waals surface area (Å²) in [5.41, 5.74) is 4.18. The van der Waals surface area contributed by atoms with Crippen LogP contribution in [-0.2, 0) is 7.05 Å². The maximum atomic E-state index is 12.4. The molecule has 0 bridgehead atoms. The van der Waals surface area contributed by atoms with Crippen molar-refractivity contribution in [2.45, 2.75) is 18.7 Å². The summed E-state index contributed by atoms with van der Waals surface area (Å²) >= 11 is 3.22. The lowest BCUT2D eigenvalue weighted by Crippen LogP contribution is -2.13. The van der Waals surface area contributed by atoms with Crippen molar-refractivity contribution in [3.05, 3.63) is 57.9 Å². The topological polar surface area (TPSA) is 34.4 Å². The molecule has 0 saturated carbocycles. The van der Waals surface area contributed by atoms with Gasteiger partial charge in [-0.05, 0) is 55.5 Å². The number of benzene rings is 2. The van der Waals surface area contributed by atoms with E-state index >= 15 is 0 Å². The average Bonchev–Trinajstić information content (AvgIpc) is 2.89. The van der Waals surface area contributed by atoms with Gasteiger partial charge in [-0.2, -0.15) is 4.99 Å². The van der Waals surface area contributed by atoms with Gasteiger partial charge in [0.1, 0.15) is 0 Å². The number of amides is 1. The number of fused-ring (bicyclic) bond motifs is 1. The van der Waals surface area contributed by atoms with Crippen LogP contribution in [0.1, 0.15) is 21.5 Å². The van der Waals surface area contributed by atoms with Crippen molar-refractivity contribution in [2.24, 2.45) is 12.0 Å². The van der Waals surface area contributed by atoms with Crippen LogP contribution in [0.5, 0.6) is 0 Å². The van der Waals surface area contributed by atoms with Crippen LogP contribution >= 0.6 is 23.1 Å². The zero-order valence-corrected chi connectivity index (χ0v) is 15.2.